The van der Waals surface area contributed by atoms with E-state index in [1.54, 1.807) is 4.90 Å². The maximum Gasteiger partial charge on any atom is 0.321 e. The van der Waals surface area contributed by atoms with Crippen LogP contribution in [0.25, 0.3) is 0 Å². The summed E-state index contributed by atoms with van der Waals surface area (Å²) in [4.78, 5) is 13.9. The van der Waals surface area contributed by atoms with Gasteiger partial charge in [0.15, 0.2) is 0 Å². The van der Waals surface area contributed by atoms with Crippen LogP contribution >= 0.6 is 11.6 Å². The lowest BCUT2D eigenvalue weighted by atomic mass is 9.77. The van der Waals surface area contributed by atoms with E-state index in [1.165, 1.54) is 18.2 Å². The van der Waals surface area contributed by atoms with E-state index in [-0.39, 0.29) is 17.0 Å². The molecule has 1 aliphatic rings. The average molecular weight is 343 g/mol. The molecule has 1 aliphatic heterocycles. The lowest BCUT2D eigenvalue weighted by Gasteiger charge is -2.42. The minimum absolute atomic E-state index is 0.238. The Morgan fingerprint density at radius 2 is 1.96 bits per heavy atom. The Bertz CT molecular complexity index is 535. The number of hydrogen-bond acceptors (Lipinski definition) is 2. The van der Waals surface area contributed by atoms with E-state index < -0.39 is 11.4 Å². The number of carbonyl (C=O) groups excluding carboxylic acids is 1. The predicted octanol–water partition coefficient (Wildman–Crippen LogP) is 4.27. The van der Waals surface area contributed by atoms with Crippen LogP contribution in [0, 0.1) is 11.7 Å². The summed E-state index contributed by atoms with van der Waals surface area (Å²) in [7, 11) is 0. The van der Waals surface area contributed by atoms with E-state index >= 15 is 0 Å². The summed E-state index contributed by atoms with van der Waals surface area (Å²) < 4.78 is 13.3. The summed E-state index contributed by atoms with van der Waals surface area (Å²) in [5, 5.41) is 13.7. The highest BCUT2D eigenvalue weighted by atomic mass is 35.5. The van der Waals surface area contributed by atoms with Crippen molar-refractivity contribution < 1.29 is 14.3 Å². The number of nitrogens with zero attached hydrogens (tertiary/aromatic N) is 1. The maximum atomic E-state index is 13.3. The number of hydrogen-bond donors (Lipinski definition) is 2. The van der Waals surface area contributed by atoms with Crippen molar-refractivity contribution in [2.24, 2.45) is 5.92 Å². The molecule has 4 nitrogen and oxygen atoms in total. The quantitative estimate of drug-likeness (QED) is 0.858. The smallest absolute Gasteiger partial charge is 0.321 e. The van der Waals surface area contributed by atoms with E-state index in [1.807, 2.05) is 0 Å². The van der Waals surface area contributed by atoms with Crippen molar-refractivity contribution in [2.75, 3.05) is 18.4 Å². The van der Waals surface area contributed by atoms with Crippen molar-refractivity contribution in [3.05, 3.63) is 29.0 Å². The van der Waals surface area contributed by atoms with Crippen LogP contribution in [0.4, 0.5) is 14.9 Å². The monoisotopic (exact) mass is 342 g/mol. The standard InChI is InChI=1S/C17H24ClFN2O2/c1-3-12(4-2)17(23)5-7-21(8-6-17)16(22)20-15-10-13(18)9-14(19)11-15/h9-12,23H,3-8H2,1-2H3,(H,20,22). The minimum atomic E-state index is -0.692. The topological polar surface area (TPSA) is 52.6 Å². The molecular formula is C17H24ClFN2O2. The number of urea groups is 1. The van der Waals surface area contributed by atoms with Gasteiger partial charge in [0.05, 0.1) is 5.60 Å². The van der Waals surface area contributed by atoms with Crippen LogP contribution in [0.3, 0.4) is 0 Å². The zero-order chi connectivity index (χ0) is 17.0. The van der Waals surface area contributed by atoms with Crippen LogP contribution in [0.1, 0.15) is 39.5 Å². The molecule has 0 atom stereocenters. The van der Waals surface area contributed by atoms with E-state index in [0.29, 0.717) is 31.6 Å². The summed E-state index contributed by atoms with van der Waals surface area (Å²) in [5.74, 6) is -0.232. The summed E-state index contributed by atoms with van der Waals surface area (Å²) >= 11 is 5.79. The van der Waals surface area contributed by atoms with Gasteiger partial charge >= 0.3 is 6.03 Å². The van der Waals surface area contributed by atoms with E-state index in [4.69, 9.17) is 11.6 Å². The number of piperidine rings is 1. The van der Waals surface area contributed by atoms with Crippen LogP contribution in [0.15, 0.2) is 18.2 Å². The molecule has 1 aromatic carbocycles. The molecule has 0 spiro atoms. The van der Waals surface area contributed by atoms with Gasteiger partial charge in [-0.15, -0.1) is 0 Å². The van der Waals surface area contributed by atoms with Crippen LogP contribution in [0.5, 0.6) is 0 Å². The Hall–Kier alpha value is -1.33. The van der Waals surface area contributed by atoms with Crippen molar-refractivity contribution in [1.82, 2.24) is 4.90 Å². The maximum absolute atomic E-state index is 13.3. The van der Waals surface area contributed by atoms with Gasteiger partial charge in [-0.05, 0) is 37.0 Å². The van der Waals surface area contributed by atoms with E-state index in [0.717, 1.165) is 12.8 Å². The molecule has 2 amide bonds. The molecule has 0 aliphatic carbocycles. The van der Waals surface area contributed by atoms with Gasteiger partial charge in [-0.25, -0.2) is 9.18 Å². The molecule has 0 radical (unpaired) electrons. The van der Waals surface area contributed by atoms with Gasteiger partial charge in [0.25, 0.3) is 0 Å². The molecule has 0 aromatic heterocycles. The van der Waals surface area contributed by atoms with Crippen molar-refractivity contribution >= 4 is 23.3 Å². The number of likely N-dealkylation sites (tertiary alicyclic amines) is 1. The second-order valence-corrected chi connectivity index (χ2v) is 6.63. The Kier molecular flexibility index (Phi) is 5.87. The predicted molar refractivity (Wildman–Crippen MR) is 90.3 cm³/mol. The number of aliphatic hydroxyl groups is 1. The SMILES string of the molecule is CCC(CC)C1(O)CCN(C(=O)Nc2cc(F)cc(Cl)c2)CC1. The summed E-state index contributed by atoms with van der Waals surface area (Å²) in [6.07, 6.45) is 3.00. The number of carbonyl (C=O) groups is 1. The first-order valence-electron chi connectivity index (χ1n) is 8.12. The fourth-order valence-electron chi connectivity index (χ4n) is 3.38. The zero-order valence-corrected chi connectivity index (χ0v) is 14.4. The average Bonchev–Trinajstić information content (AvgIpc) is 2.47. The third-order valence-corrected chi connectivity index (χ3v) is 4.99. The van der Waals surface area contributed by atoms with Gasteiger partial charge in [0, 0.05) is 23.8 Å². The van der Waals surface area contributed by atoms with Crippen LogP contribution in [-0.4, -0.2) is 34.7 Å². The van der Waals surface area contributed by atoms with Crippen LogP contribution < -0.4 is 5.32 Å². The van der Waals surface area contributed by atoms with Crippen molar-refractivity contribution in [2.45, 2.75) is 45.1 Å². The Morgan fingerprint density at radius 1 is 1.35 bits per heavy atom. The number of anilines is 1. The summed E-state index contributed by atoms with van der Waals surface area (Å²) in [6, 6.07) is 3.63. The minimum Gasteiger partial charge on any atom is -0.389 e. The van der Waals surface area contributed by atoms with E-state index in [9.17, 15) is 14.3 Å². The molecule has 0 unspecified atom stereocenters. The highest BCUT2D eigenvalue weighted by Crippen LogP contribution is 2.34. The van der Waals surface area contributed by atoms with E-state index in [2.05, 4.69) is 19.2 Å². The Labute approximate surface area is 141 Å². The first kappa shape index (κ1) is 18.0. The highest BCUT2D eigenvalue weighted by Gasteiger charge is 2.38. The van der Waals surface area contributed by atoms with Gasteiger partial charge in [-0.2, -0.15) is 0 Å². The van der Waals surface area contributed by atoms with Crippen molar-refractivity contribution in [3.8, 4) is 0 Å². The first-order chi connectivity index (χ1) is 10.9. The number of amides is 2. The first-order valence-corrected chi connectivity index (χ1v) is 8.50. The van der Waals surface area contributed by atoms with Gasteiger partial charge < -0.3 is 15.3 Å². The molecule has 23 heavy (non-hydrogen) atoms. The second kappa shape index (κ2) is 7.49. The molecular weight excluding hydrogens is 319 g/mol. The van der Waals surface area contributed by atoms with Crippen LogP contribution in [0.2, 0.25) is 5.02 Å². The molecule has 6 heteroatoms. The normalized spacial score (nSPS) is 17.4. The van der Waals surface area contributed by atoms with Crippen molar-refractivity contribution in [3.63, 3.8) is 0 Å². The number of rotatable bonds is 4. The van der Waals surface area contributed by atoms with Crippen molar-refractivity contribution in [1.29, 1.82) is 0 Å². The largest absolute Gasteiger partial charge is 0.389 e. The third-order valence-electron chi connectivity index (χ3n) is 4.78. The number of halogens is 2. The second-order valence-electron chi connectivity index (χ2n) is 6.19. The van der Waals surface area contributed by atoms with Crippen LogP contribution in [-0.2, 0) is 0 Å². The number of benzene rings is 1. The van der Waals surface area contributed by atoms with Gasteiger partial charge in [0.2, 0.25) is 0 Å². The molecule has 1 fully saturated rings. The summed E-state index contributed by atoms with van der Waals surface area (Å²) in [6.45, 7) is 5.14. The molecule has 2 N–H and O–H groups in total. The molecule has 0 saturated carbocycles. The van der Waals surface area contributed by atoms with Gasteiger partial charge in [-0.3, -0.25) is 0 Å². The zero-order valence-electron chi connectivity index (χ0n) is 13.6. The molecule has 0 bridgehead atoms. The lowest BCUT2D eigenvalue weighted by molar-refractivity contribution is -0.0619. The molecule has 1 aromatic rings. The Balaban J connectivity index is 1.95. The lowest BCUT2D eigenvalue weighted by Crippen LogP contribution is -2.51. The fourth-order valence-corrected chi connectivity index (χ4v) is 3.60. The number of nitrogens with one attached hydrogen (secondary N) is 1. The molecule has 1 heterocycles. The molecule has 2 rings (SSSR count). The molecule has 128 valence electrons. The highest BCUT2D eigenvalue weighted by molar-refractivity contribution is 6.30. The summed E-state index contributed by atoms with van der Waals surface area (Å²) in [5.41, 5.74) is -0.358. The molecule has 1 saturated heterocycles. The fraction of sp³-hybridized carbons (Fsp3) is 0.588. The third kappa shape index (κ3) is 4.36. The Morgan fingerprint density at radius 3 is 2.48 bits per heavy atom. The van der Waals surface area contributed by atoms with Gasteiger partial charge in [0.1, 0.15) is 5.82 Å². The van der Waals surface area contributed by atoms with Gasteiger partial charge in [-0.1, -0.05) is 38.3 Å².